The number of carboxylic acid groups (broad SMARTS) is 1. The highest BCUT2D eigenvalue weighted by molar-refractivity contribution is 5.86. The van der Waals surface area contributed by atoms with E-state index in [-0.39, 0.29) is 0 Å². The number of carboxylic acids is 1. The number of hydrogen-bond acceptors (Lipinski definition) is 1. The number of hydrogen-bond donors (Lipinski definition) is 1. The maximum Gasteiger partial charge on any atom is 0.331 e. The Labute approximate surface area is 60.9 Å². The van der Waals surface area contributed by atoms with Gasteiger partial charge in [0.05, 0.1) is 0 Å². The first kappa shape index (κ1) is 8.95. The maximum absolute atomic E-state index is 10.3. The molecule has 2 nitrogen and oxygen atoms in total. The van der Waals surface area contributed by atoms with Crippen molar-refractivity contribution in [2.24, 2.45) is 0 Å². The molecule has 0 saturated carbocycles. The second-order valence-electron chi connectivity index (χ2n) is 2.17. The number of carbonyl (C=O) groups is 1. The lowest BCUT2D eigenvalue weighted by Crippen LogP contribution is -1.95. The molecule has 0 aliphatic carbocycles. The largest absolute Gasteiger partial charge is 0.478 e. The second-order valence-corrected chi connectivity index (χ2v) is 2.17. The Balaban J connectivity index is 4.31. The fourth-order valence-corrected chi connectivity index (χ4v) is 0.487. The van der Waals surface area contributed by atoms with Gasteiger partial charge in [-0.25, -0.2) is 4.79 Å². The summed E-state index contributed by atoms with van der Waals surface area (Å²) in [5.41, 5.74) is 1.34. The molecule has 0 heterocycles. The second kappa shape index (κ2) is 3.88. The van der Waals surface area contributed by atoms with Crippen LogP contribution in [0.1, 0.15) is 20.8 Å². The van der Waals surface area contributed by atoms with Crippen molar-refractivity contribution in [3.8, 4) is 0 Å². The quantitative estimate of drug-likeness (QED) is 0.470. The molecule has 0 fully saturated rings. The monoisotopic (exact) mass is 140 g/mol. The molecule has 0 amide bonds. The maximum atomic E-state index is 10.3. The van der Waals surface area contributed by atoms with Gasteiger partial charge in [0.1, 0.15) is 0 Å². The van der Waals surface area contributed by atoms with Crippen molar-refractivity contribution in [3.05, 3.63) is 23.3 Å². The summed E-state index contributed by atoms with van der Waals surface area (Å²) in [4.78, 5) is 10.3. The van der Waals surface area contributed by atoms with Crippen LogP contribution in [0, 0.1) is 0 Å². The molecule has 0 spiro atoms. The Morgan fingerprint density at radius 2 is 1.90 bits per heavy atom. The van der Waals surface area contributed by atoms with Crippen LogP contribution in [0.5, 0.6) is 0 Å². The Bertz CT molecular complexity index is 187. The first-order valence-corrected chi connectivity index (χ1v) is 3.12. The molecule has 10 heavy (non-hydrogen) atoms. The van der Waals surface area contributed by atoms with Crippen molar-refractivity contribution in [1.82, 2.24) is 0 Å². The van der Waals surface area contributed by atoms with Gasteiger partial charge in [0.2, 0.25) is 0 Å². The van der Waals surface area contributed by atoms with E-state index in [0.29, 0.717) is 5.57 Å². The van der Waals surface area contributed by atoms with Crippen molar-refractivity contribution in [2.45, 2.75) is 20.8 Å². The van der Waals surface area contributed by atoms with Gasteiger partial charge in [0.25, 0.3) is 0 Å². The van der Waals surface area contributed by atoms with Crippen LogP contribution in [0.2, 0.25) is 0 Å². The molecule has 0 rings (SSSR count). The van der Waals surface area contributed by atoms with Crippen LogP contribution >= 0.6 is 0 Å². The van der Waals surface area contributed by atoms with Crippen LogP contribution in [0.4, 0.5) is 0 Å². The fraction of sp³-hybridized carbons (Fsp3) is 0.375. The molecule has 0 aromatic rings. The molecule has 0 aromatic carbocycles. The van der Waals surface area contributed by atoms with E-state index in [1.807, 2.05) is 19.9 Å². The first-order valence-electron chi connectivity index (χ1n) is 3.12. The molecule has 0 radical (unpaired) electrons. The van der Waals surface area contributed by atoms with E-state index in [1.54, 1.807) is 13.0 Å². The Morgan fingerprint density at radius 1 is 1.40 bits per heavy atom. The number of allylic oxidation sites excluding steroid dienone is 3. The van der Waals surface area contributed by atoms with Gasteiger partial charge in [0.15, 0.2) is 0 Å². The van der Waals surface area contributed by atoms with E-state index < -0.39 is 5.97 Å². The van der Waals surface area contributed by atoms with Crippen molar-refractivity contribution < 1.29 is 9.90 Å². The normalized spacial score (nSPS) is 13.5. The van der Waals surface area contributed by atoms with E-state index >= 15 is 0 Å². The van der Waals surface area contributed by atoms with Crippen LogP contribution in [-0.4, -0.2) is 11.1 Å². The van der Waals surface area contributed by atoms with Crippen molar-refractivity contribution in [2.75, 3.05) is 0 Å². The molecular weight excluding hydrogens is 128 g/mol. The van der Waals surface area contributed by atoms with Gasteiger partial charge in [-0.2, -0.15) is 0 Å². The summed E-state index contributed by atoms with van der Waals surface area (Å²) in [5.74, 6) is -0.860. The first-order chi connectivity index (χ1) is 4.57. The molecule has 2 heteroatoms. The number of aliphatic carboxylic acids is 1. The van der Waals surface area contributed by atoms with Gasteiger partial charge >= 0.3 is 5.97 Å². The summed E-state index contributed by atoms with van der Waals surface area (Å²) in [6, 6.07) is 0. The SMILES string of the molecule is C/C=C(C)\C=C(/C)C(=O)O. The average Bonchev–Trinajstić information content (AvgIpc) is 1.87. The lowest BCUT2D eigenvalue weighted by atomic mass is 10.2. The van der Waals surface area contributed by atoms with Crippen molar-refractivity contribution in [3.63, 3.8) is 0 Å². The van der Waals surface area contributed by atoms with Gasteiger partial charge in [0, 0.05) is 5.57 Å². The molecule has 0 aliphatic rings. The fourth-order valence-electron chi connectivity index (χ4n) is 0.487. The summed E-state index contributed by atoms with van der Waals surface area (Å²) in [6.07, 6.45) is 3.51. The smallest absolute Gasteiger partial charge is 0.331 e. The average molecular weight is 140 g/mol. The minimum Gasteiger partial charge on any atom is -0.478 e. The van der Waals surface area contributed by atoms with Crippen LogP contribution in [0.15, 0.2) is 23.3 Å². The van der Waals surface area contributed by atoms with Crippen molar-refractivity contribution >= 4 is 5.97 Å². The Morgan fingerprint density at radius 3 is 2.20 bits per heavy atom. The molecule has 0 atom stereocenters. The van der Waals surface area contributed by atoms with E-state index in [1.165, 1.54) is 0 Å². The van der Waals surface area contributed by atoms with Crippen LogP contribution in [-0.2, 0) is 4.79 Å². The van der Waals surface area contributed by atoms with E-state index in [4.69, 9.17) is 5.11 Å². The molecule has 0 saturated heterocycles. The Hall–Kier alpha value is -1.05. The summed E-state index contributed by atoms with van der Waals surface area (Å²) < 4.78 is 0. The molecule has 0 aromatic heterocycles. The summed E-state index contributed by atoms with van der Waals surface area (Å²) in [6.45, 7) is 5.32. The van der Waals surface area contributed by atoms with Gasteiger partial charge in [-0.3, -0.25) is 0 Å². The van der Waals surface area contributed by atoms with Crippen molar-refractivity contribution in [1.29, 1.82) is 0 Å². The Kier molecular flexibility index (Phi) is 3.47. The standard InChI is InChI=1S/C8H12O2/c1-4-6(2)5-7(3)8(9)10/h4-5H,1-3H3,(H,9,10)/b6-4-,7-5+. The number of rotatable bonds is 2. The highest BCUT2D eigenvalue weighted by Crippen LogP contribution is 2.00. The van der Waals surface area contributed by atoms with Crippen LogP contribution in [0.25, 0.3) is 0 Å². The van der Waals surface area contributed by atoms with Crippen LogP contribution in [0.3, 0.4) is 0 Å². The molecule has 56 valence electrons. The molecule has 1 N–H and O–H groups in total. The molecule has 0 bridgehead atoms. The third-order valence-corrected chi connectivity index (χ3v) is 1.24. The van der Waals surface area contributed by atoms with E-state index in [0.717, 1.165) is 5.57 Å². The van der Waals surface area contributed by atoms with Gasteiger partial charge in [-0.1, -0.05) is 11.6 Å². The predicted molar refractivity (Wildman–Crippen MR) is 40.8 cm³/mol. The summed E-state index contributed by atoms with van der Waals surface area (Å²) >= 11 is 0. The van der Waals surface area contributed by atoms with Crippen LogP contribution < -0.4 is 0 Å². The summed E-state index contributed by atoms with van der Waals surface area (Å²) in [5, 5.41) is 8.43. The molecular formula is C8H12O2. The highest BCUT2D eigenvalue weighted by atomic mass is 16.4. The minimum absolute atomic E-state index is 0.371. The van der Waals surface area contributed by atoms with E-state index in [9.17, 15) is 4.79 Å². The van der Waals surface area contributed by atoms with Gasteiger partial charge in [-0.15, -0.1) is 0 Å². The molecule has 0 aliphatic heterocycles. The molecule has 0 unspecified atom stereocenters. The third-order valence-electron chi connectivity index (χ3n) is 1.24. The third kappa shape index (κ3) is 3.07. The zero-order valence-electron chi connectivity index (χ0n) is 6.51. The summed E-state index contributed by atoms with van der Waals surface area (Å²) in [7, 11) is 0. The predicted octanol–water partition coefficient (Wildman–Crippen LogP) is 1.98. The lowest BCUT2D eigenvalue weighted by molar-refractivity contribution is -0.132. The lowest BCUT2D eigenvalue weighted by Gasteiger charge is -1.91. The topological polar surface area (TPSA) is 37.3 Å². The minimum atomic E-state index is -0.860. The van der Waals surface area contributed by atoms with Gasteiger partial charge < -0.3 is 5.11 Å². The zero-order valence-corrected chi connectivity index (χ0v) is 6.51. The van der Waals surface area contributed by atoms with E-state index in [2.05, 4.69) is 0 Å². The highest BCUT2D eigenvalue weighted by Gasteiger charge is 1.97. The zero-order chi connectivity index (χ0) is 8.15. The van der Waals surface area contributed by atoms with Gasteiger partial charge in [-0.05, 0) is 26.8 Å².